The highest BCUT2D eigenvalue weighted by Gasteiger charge is 2.33. The van der Waals surface area contributed by atoms with Crippen molar-refractivity contribution >= 4 is 57.4 Å². The first-order chi connectivity index (χ1) is 20.8. The maximum absolute atomic E-state index is 14.2. The summed E-state index contributed by atoms with van der Waals surface area (Å²) in [6.45, 7) is 4.04. The normalized spacial score (nSPS) is 14.9. The van der Waals surface area contributed by atoms with E-state index in [1.54, 1.807) is 30.5 Å². The minimum atomic E-state index is -0.720. The molecule has 0 saturated carbocycles. The molecule has 1 aliphatic heterocycles. The standard InChI is InChI=1S/C34H26Cl2N2O4S/c1-3-41-33(40)30-20(2)37-34-38(31(30)23-10-15-25(36)16-11-23)32(39)29(43-34)18-27-26-7-5-4-6-22(26)12-17-28(27)42-19-21-8-13-24(35)14-9-21/h4-18,31H,3,19H2,1-2H3/b29-18-/t31-/m0/s1. The number of allylic oxidation sites excluding steroid dienone is 1. The van der Waals surface area contributed by atoms with Gasteiger partial charge >= 0.3 is 5.97 Å². The van der Waals surface area contributed by atoms with E-state index in [0.717, 1.165) is 27.5 Å². The van der Waals surface area contributed by atoms with E-state index in [1.165, 1.54) is 11.3 Å². The van der Waals surface area contributed by atoms with Crippen molar-refractivity contribution in [2.24, 2.45) is 4.99 Å². The van der Waals surface area contributed by atoms with Crippen LogP contribution in [0.3, 0.4) is 0 Å². The van der Waals surface area contributed by atoms with Gasteiger partial charge in [0.15, 0.2) is 4.80 Å². The Kier molecular flexibility index (Phi) is 8.21. The number of hydrogen-bond acceptors (Lipinski definition) is 6. The van der Waals surface area contributed by atoms with E-state index in [2.05, 4.69) is 4.99 Å². The molecular formula is C34H26Cl2N2O4S. The number of carbonyl (C=O) groups is 1. The van der Waals surface area contributed by atoms with Crippen molar-refractivity contribution in [3.63, 3.8) is 0 Å². The van der Waals surface area contributed by atoms with E-state index in [-0.39, 0.29) is 12.2 Å². The highest BCUT2D eigenvalue weighted by molar-refractivity contribution is 7.07. The van der Waals surface area contributed by atoms with Crippen LogP contribution in [-0.4, -0.2) is 17.1 Å². The lowest BCUT2D eigenvalue weighted by molar-refractivity contribution is -0.139. The van der Waals surface area contributed by atoms with E-state index < -0.39 is 12.0 Å². The number of halogens is 2. The summed E-state index contributed by atoms with van der Waals surface area (Å²) in [4.78, 5) is 32.5. The van der Waals surface area contributed by atoms with Crippen molar-refractivity contribution < 1.29 is 14.3 Å². The lowest BCUT2D eigenvalue weighted by atomic mass is 9.96. The zero-order valence-electron chi connectivity index (χ0n) is 23.3. The highest BCUT2D eigenvalue weighted by atomic mass is 35.5. The Morgan fingerprint density at radius 2 is 1.67 bits per heavy atom. The molecule has 0 N–H and O–H groups in total. The molecule has 1 aliphatic rings. The molecule has 0 aliphatic carbocycles. The summed E-state index contributed by atoms with van der Waals surface area (Å²) in [7, 11) is 0. The smallest absolute Gasteiger partial charge is 0.338 e. The molecule has 5 aromatic rings. The Bertz CT molecular complexity index is 2060. The minimum absolute atomic E-state index is 0.202. The lowest BCUT2D eigenvalue weighted by Gasteiger charge is -2.24. The number of nitrogens with zero attached hydrogens (tertiary/aromatic N) is 2. The number of thiazole rings is 1. The van der Waals surface area contributed by atoms with Crippen molar-refractivity contribution in [1.82, 2.24) is 4.57 Å². The van der Waals surface area contributed by atoms with Gasteiger partial charge in [0.2, 0.25) is 0 Å². The van der Waals surface area contributed by atoms with E-state index >= 15 is 0 Å². The largest absolute Gasteiger partial charge is 0.488 e. The molecule has 0 unspecified atom stereocenters. The number of esters is 1. The van der Waals surface area contributed by atoms with Gasteiger partial charge in [-0.05, 0) is 72.2 Å². The maximum atomic E-state index is 14.2. The van der Waals surface area contributed by atoms with Crippen LogP contribution in [-0.2, 0) is 16.1 Å². The van der Waals surface area contributed by atoms with Crippen LogP contribution < -0.4 is 19.6 Å². The number of aromatic nitrogens is 1. The molecule has 1 aromatic heterocycles. The van der Waals surface area contributed by atoms with Gasteiger partial charge in [-0.1, -0.05) is 89.1 Å². The summed E-state index contributed by atoms with van der Waals surface area (Å²) in [6.07, 6.45) is 1.85. The van der Waals surface area contributed by atoms with Gasteiger partial charge in [-0.3, -0.25) is 9.36 Å². The fourth-order valence-corrected chi connectivity index (χ4v) is 6.46. The molecule has 1 atom stereocenters. The van der Waals surface area contributed by atoms with Gasteiger partial charge in [0.05, 0.1) is 28.5 Å². The van der Waals surface area contributed by atoms with Crippen molar-refractivity contribution in [3.05, 3.63) is 143 Å². The molecule has 6 nitrogen and oxygen atoms in total. The van der Waals surface area contributed by atoms with E-state index in [1.807, 2.05) is 78.9 Å². The van der Waals surface area contributed by atoms with Gasteiger partial charge in [-0.25, -0.2) is 9.79 Å². The molecule has 0 saturated heterocycles. The van der Waals surface area contributed by atoms with Gasteiger partial charge < -0.3 is 9.47 Å². The first-order valence-corrected chi connectivity index (χ1v) is 15.3. The van der Waals surface area contributed by atoms with Gasteiger partial charge in [-0.2, -0.15) is 0 Å². The summed E-state index contributed by atoms with van der Waals surface area (Å²) in [5.74, 6) is 0.127. The second-order valence-electron chi connectivity index (χ2n) is 9.97. The van der Waals surface area contributed by atoms with Gasteiger partial charge in [0, 0.05) is 15.6 Å². The molecule has 0 bridgehead atoms. The summed E-state index contributed by atoms with van der Waals surface area (Å²) in [5.41, 5.74) is 3.03. The topological polar surface area (TPSA) is 69.9 Å². The van der Waals surface area contributed by atoms with E-state index in [4.69, 9.17) is 32.7 Å². The highest BCUT2D eigenvalue weighted by Crippen LogP contribution is 2.32. The molecule has 0 amide bonds. The summed E-state index contributed by atoms with van der Waals surface area (Å²) < 4.78 is 13.7. The third-order valence-electron chi connectivity index (χ3n) is 7.22. The van der Waals surface area contributed by atoms with Crippen LogP contribution in [0.5, 0.6) is 5.75 Å². The first kappa shape index (κ1) is 28.9. The van der Waals surface area contributed by atoms with Crippen LogP contribution in [0.15, 0.2) is 106 Å². The molecule has 6 rings (SSSR count). The Balaban J connectivity index is 1.52. The Morgan fingerprint density at radius 3 is 2.40 bits per heavy atom. The van der Waals surface area contributed by atoms with Gasteiger partial charge in [0.1, 0.15) is 12.4 Å². The number of hydrogen-bond donors (Lipinski definition) is 0. The van der Waals surface area contributed by atoms with Crippen LogP contribution in [0.1, 0.15) is 36.6 Å². The Labute approximate surface area is 261 Å². The SMILES string of the molecule is CCOC(=O)C1=C(C)N=c2s/c(=C\c3c(OCc4ccc(Cl)cc4)ccc4ccccc34)c(=O)n2[C@H]1c1ccc(Cl)cc1. The fourth-order valence-electron chi connectivity index (χ4n) is 5.18. The van der Waals surface area contributed by atoms with E-state index in [9.17, 15) is 9.59 Å². The molecule has 216 valence electrons. The van der Waals surface area contributed by atoms with E-state index in [0.29, 0.717) is 43.0 Å². The molecule has 0 spiro atoms. The number of rotatable bonds is 7. The second-order valence-corrected chi connectivity index (χ2v) is 11.8. The number of benzene rings is 4. The van der Waals surface area contributed by atoms with Crippen molar-refractivity contribution in [2.75, 3.05) is 6.61 Å². The Hall–Kier alpha value is -4.17. The molecule has 2 heterocycles. The molecule has 9 heteroatoms. The van der Waals surface area contributed by atoms with Crippen molar-refractivity contribution in [2.45, 2.75) is 26.5 Å². The third-order valence-corrected chi connectivity index (χ3v) is 8.70. The van der Waals surface area contributed by atoms with Gasteiger partial charge in [-0.15, -0.1) is 0 Å². The second kappa shape index (κ2) is 12.2. The van der Waals surface area contributed by atoms with Crippen LogP contribution in [0, 0.1) is 0 Å². The van der Waals surface area contributed by atoms with Crippen LogP contribution in [0.25, 0.3) is 16.8 Å². The number of ether oxygens (including phenoxy) is 2. The maximum Gasteiger partial charge on any atom is 0.338 e. The minimum Gasteiger partial charge on any atom is -0.488 e. The molecule has 43 heavy (non-hydrogen) atoms. The fraction of sp³-hybridized carbons (Fsp3) is 0.147. The zero-order valence-corrected chi connectivity index (χ0v) is 25.7. The summed E-state index contributed by atoms with van der Waals surface area (Å²) in [5, 5.41) is 3.17. The average molecular weight is 630 g/mol. The third kappa shape index (κ3) is 5.76. The van der Waals surface area contributed by atoms with Crippen LogP contribution in [0.2, 0.25) is 10.0 Å². The predicted molar refractivity (Wildman–Crippen MR) is 172 cm³/mol. The zero-order chi connectivity index (χ0) is 30.1. The van der Waals surface area contributed by atoms with Gasteiger partial charge in [0.25, 0.3) is 5.56 Å². The van der Waals surface area contributed by atoms with Crippen molar-refractivity contribution in [3.8, 4) is 5.75 Å². The van der Waals surface area contributed by atoms with Crippen molar-refractivity contribution in [1.29, 1.82) is 0 Å². The monoisotopic (exact) mass is 628 g/mol. The average Bonchev–Trinajstić information content (AvgIpc) is 3.31. The molecule has 4 aromatic carbocycles. The number of fused-ring (bicyclic) bond motifs is 2. The first-order valence-electron chi connectivity index (χ1n) is 13.7. The summed E-state index contributed by atoms with van der Waals surface area (Å²) >= 11 is 13.5. The molecule has 0 fully saturated rings. The predicted octanol–water partition coefficient (Wildman–Crippen LogP) is 6.84. The lowest BCUT2D eigenvalue weighted by Crippen LogP contribution is -2.39. The molecule has 0 radical (unpaired) electrons. The van der Waals surface area contributed by atoms with Crippen LogP contribution in [0.4, 0.5) is 0 Å². The number of carbonyl (C=O) groups excluding carboxylic acids is 1. The molecular weight excluding hydrogens is 603 g/mol. The summed E-state index contributed by atoms with van der Waals surface area (Å²) in [6, 6.07) is 25.8. The Morgan fingerprint density at radius 1 is 0.977 bits per heavy atom. The quantitative estimate of drug-likeness (QED) is 0.185. The van der Waals surface area contributed by atoms with Crippen LogP contribution >= 0.6 is 34.5 Å².